The second kappa shape index (κ2) is 7.38. The van der Waals surface area contributed by atoms with E-state index in [0.29, 0.717) is 30.2 Å². The normalized spacial score (nSPS) is 13.6. The standard InChI is InChI=1S/C20H20FNO3/c1-24-18-11-15-8-9-22(13-16(15)12-19(18)25-2)20(23)7-6-14-4-3-5-17(21)10-14/h3-7,10-12H,8-9,13H2,1-2H3/b7-6+. The number of carbonyl (C=O) groups excluding carboxylic acids is 1. The zero-order chi connectivity index (χ0) is 17.8. The van der Waals surface area contributed by atoms with Crippen LogP contribution in [-0.4, -0.2) is 31.6 Å². The van der Waals surface area contributed by atoms with Gasteiger partial charge in [-0.2, -0.15) is 0 Å². The van der Waals surface area contributed by atoms with Gasteiger partial charge in [-0.1, -0.05) is 12.1 Å². The molecule has 0 saturated carbocycles. The molecule has 0 aromatic heterocycles. The maximum atomic E-state index is 13.2. The van der Waals surface area contributed by atoms with Gasteiger partial charge in [0.05, 0.1) is 14.2 Å². The van der Waals surface area contributed by atoms with Gasteiger partial charge >= 0.3 is 0 Å². The first-order valence-corrected chi connectivity index (χ1v) is 8.07. The highest BCUT2D eigenvalue weighted by Gasteiger charge is 2.21. The van der Waals surface area contributed by atoms with Crippen molar-refractivity contribution in [3.8, 4) is 11.5 Å². The predicted molar refractivity (Wildman–Crippen MR) is 94.1 cm³/mol. The third-order valence-corrected chi connectivity index (χ3v) is 4.30. The Labute approximate surface area is 146 Å². The molecule has 25 heavy (non-hydrogen) atoms. The van der Waals surface area contributed by atoms with E-state index in [0.717, 1.165) is 17.5 Å². The number of methoxy groups -OCH3 is 2. The Morgan fingerprint density at radius 3 is 2.52 bits per heavy atom. The van der Waals surface area contributed by atoms with Crippen LogP contribution in [0.5, 0.6) is 11.5 Å². The van der Waals surface area contributed by atoms with E-state index in [9.17, 15) is 9.18 Å². The van der Waals surface area contributed by atoms with Gasteiger partial charge < -0.3 is 14.4 Å². The first-order chi connectivity index (χ1) is 12.1. The third kappa shape index (κ3) is 3.82. The predicted octanol–water partition coefficient (Wildman–Crippen LogP) is 3.44. The fourth-order valence-electron chi connectivity index (χ4n) is 2.95. The molecule has 1 amide bonds. The highest BCUT2D eigenvalue weighted by atomic mass is 19.1. The lowest BCUT2D eigenvalue weighted by atomic mass is 9.98. The van der Waals surface area contributed by atoms with Gasteiger partial charge in [-0.15, -0.1) is 0 Å². The van der Waals surface area contributed by atoms with Crippen molar-refractivity contribution in [3.05, 3.63) is 65.0 Å². The van der Waals surface area contributed by atoms with Crippen molar-refractivity contribution in [3.63, 3.8) is 0 Å². The summed E-state index contributed by atoms with van der Waals surface area (Å²) >= 11 is 0. The first-order valence-electron chi connectivity index (χ1n) is 8.07. The van der Waals surface area contributed by atoms with Crippen molar-refractivity contribution >= 4 is 12.0 Å². The van der Waals surface area contributed by atoms with E-state index in [4.69, 9.17) is 9.47 Å². The van der Waals surface area contributed by atoms with E-state index < -0.39 is 0 Å². The summed E-state index contributed by atoms with van der Waals surface area (Å²) in [6.45, 7) is 1.15. The van der Waals surface area contributed by atoms with E-state index in [2.05, 4.69) is 0 Å². The molecule has 0 fully saturated rings. The van der Waals surface area contributed by atoms with E-state index in [1.54, 1.807) is 37.3 Å². The van der Waals surface area contributed by atoms with Gasteiger partial charge in [0.25, 0.3) is 0 Å². The molecule has 0 atom stereocenters. The molecule has 0 unspecified atom stereocenters. The molecule has 1 heterocycles. The second-order valence-corrected chi connectivity index (χ2v) is 5.87. The fourth-order valence-corrected chi connectivity index (χ4v) is 2.95. The first kappa shape index (κ1) is 17.0. The molecule has 2 aromatic carbocycles. The molecule has 1 aliphatic heterocycles. The van der Waals surface area contributed by atoms with Crippen LogP contribution >= 0.6 is 0 Å². The summed E-state index contributed by atoms with van der Waals surface area (Å²) in [7, 11) is 3.21. The second-order valence-electron chi connectivity index (χ2n) is 5.87. The zero-order valence-electron chi connectivity index (χ0n) is 14.3. The third-order valence-electron chi connectivity index (χ3n) is 4.30. The summed E-state index contributed by atoms with van der Waals surface area (Å²) in [5.74, 6) is 0.949. The van der Waals surface area contributed by atoms with Gasteiger partial charge in [-0.3, -0.25) is 4.79 Å². The molecule has 1 aliphatic rings. The van der Waals surface area contributed by atoms with E-state index in [1.807, 2.05) is 12.1 Å². The summed E-state index contributed by atoms with van der Waals surface area (Å²) in [5.41, 5.74) is 2.88. The smallest absolute Gasteiger partial charge is 0.246 e. The number of nitrogens with zero attached hydrogens (tertiary/aromatic N) is 1. The van der Waals surface area contributed by atoms with Gasteiger partial charge in [0.1, 0.15) is 5.82 Å². The highest BCUT2D eigenvalue weighted by Crippen LogP contribution is 2.33. The molecule has 0 saturated heterocycles. The number of fused-ring (bicyclic) bond motifs is 1. The van der Waals surface area contributed by atoms with Crippen LogP contribution in [-0.2, 0) is 17.8 Å². The molecule has 0 radical (unpaired) electrons. The number of hydrogen-bond acceptors (Lipinski definition) is 3. The monoisotopic (exact) mass is 341 g/mol. The van der Waals surface area contributed by atoms with Crippen molar-refractivity contribution < 1.29 is 18.7 Å². The molecule has 3 rings (SSSR count). The lowest BCUT2D eigenvalue weighted by Crippen LogP contribution is -2.34. The minimum Gasteiger partial charge on any atom is -0.493 e. The van der Waals surface area contributed by atoms with Crippen molar-refractivity contribution in [2.45, 2.75) is 13.0 Å². The summed E-state index contributed by atoms with van der Waals surface area (Å²) in [6.07, 6.45) is 3.88. The van der Waals surface area contributed by atoms with E-state index >= 15 is 0 Å². The minimum absolute atomic E-state index is 0.0929. The topological polar surface area (TPSA) is 38.8 Å². The number of amides is 1. The van der Waals surface area contributed by atoms with Gasteiger partial charge in [0.15, 0.2) is 11.5 Å². The number of ether oxygens (including phenoxy) is 2. The van der Waals surface area contributed by atoms with Crippen LogP contribution in [0.25, 0.3) is 6.08 Å². The van der Waals surface area contributed by atoms with Crippen LogP contribution in [0.3, 0.4) is 0 Å². The molecule has 130 valence electrons. The lowest BCUT2D eigenvalue weighted by Gasteiger charge is -2.28. The van der Waals surface area contributed by atoms with Gasteiger partial charge in [0, 0.05) is 19.2 Å². The van der Waals surface area contributed by atoms with Crippen molar-refractivity contribution in [1.82, 2.24) is 4.90 Å². The molecule has 0 spiro atoms. The molecular weight excluding hydrogens is 321 g/mol. The Balaban J connectivity index is 1.74. The van der Waals surface area contributed by atoms with Crippen LogP contribution in [0.2, 0.25) is 0 Å². The number of halogens is 1. The highest BCUT2D eigenvalue weighted by molar-refractivity contribution is 5.92. The SMILES string of the molecule is COc1cc2c(cc1OC)CN(C(=O)/C=C/c1cccc(F)c1)CC2. The van der Waals surface area contributed by atoms with Crippen LogP contribution < -0.4 is 9.47 Å². The molecule has 0 bridgehead atoms. The van der Waals surface area contributed by atoms with Crippen LogP contribution in [0.4, 0.5) is 4.39 Å². The van der Waals surface area contributed by atoms with Crippen LogP contribution in [0.15, 0.2) is 42.5 Å². The number of hydrogen-bond donors (Lipinski definition) is 0. The molecule has 0 aliphatic carbocycles. The van der Waals surface area contributed by atoms with Gasteiger partial charge in [0.2, 0.25) is 5.91 Å². The largest absolute Gasteiger partial charge is 0.493 e. The summed E-state index contributed by atoms with van der Waals surface area (Å²) in [4.78, 5) is 14.2. The average Bonchev–Trinajstić information content (AvgIpc) is 2.64. The van der Waals surface area contributed by atoms with Gasteiger partial charge in [-0.05, 0) is 53.5 Å². The van der Waals surface area contributed by atoms with Crippen molar-refractivity contribution in [2.75, 3.05) is 20.8 Å². The Kier molecular flexibility index (Phi) is 5.03. The molecule has 2 aromatic rings. The van der Waals surface area contributed by atoms with Crippen LogP contribution in [0, 0.1) is 5.82 Å². The zero-order valence-corrected chi connectivity index (χ0v) is 14.3. The van der Waals surface area contributed by atoms with E-state index in [1.165, 1.54) is 18.2 Å². The van der Waals surface area contributed by atoms with Crippen LogP contribution in [0.1, 0.15) is 16.7 Å². The molecule has 4 nitrogen and oxygen atoms in total. The Bertz CT molecular complexity index is 817. The van der Waals surface area contributed by atoms with Crippen molar-refractivity contribution in [1.29, 1.82) is 0 Å². The molecular formula is C20H20FNO3. The number of carbonyl (C=O) groups is 1. The quantitative estimate of drug-likeness (QED) is 0.800. The Morgan fingerprint density at radius 1 is 1.12 bits per heavy atom. The summed E-state index contributed by atoms with van der Waals surface area (Å²) in [6, 6.07) is 10.0. The average molecular weight is 341 g/mol. The Morgan fingerprint density at radius 2 is 1.84 bits per heavy atom. The summed E-state index contributed by atoms with van der Waals surface area (Å²) in [5, 5.41) is 0. The summed E-state index contributed by atoms with van der Waals surface area (Å²) < 4.78 is 23.9. The minimum atomic E-state index is -0.317. The maximum Gasteiger partial charge on any atom is 0.246 e. The lowest BCUT2D eigenvalue weighted by molar-refractivity contribution is -0.126. The Hall–Kier alpha value is -2.82. The van der Waals surface area contributed by atoms with Gasteiger partial charge in [-0.25, -0.2) is 4.39 Å². The number of rotatable bonds is 4. The van der Waals surface area contributed by atoms with E-state index in [-0.39, 0.29) is 11.7 Å². The molecule has 0 N–H and O–H groups in total. The van der Waals surface area contributed by atoms with Crippen molar-refractivity contribution in [2.24, 2.45) is 0 Å². The number of benzene rings is 2. The molecule has 5 heteroatoms. The fraction of sp³-hybridized carbons (Fsp3) is 0.250. The maximum absolute atomic E-state index is 13.2.